The lowest BCUT2D eigenvalue weighted by Gasteiger charge is -2.11. The summed E-state index contributed by atoms with van der Waals surface area (Å²) in [5.41, 5.74) is 0.184. The van der Waals surface area contributed by atoms with Gasteiger partial charge in [-0.15, -0.1) is 0 Å². The Bertz CT molecular complexity index is 488. The summed E-state index contributed by atoms with van der Waals surface area (Å²) in [7, 11) is 0. The zero-order valence-corrected chi connectivity index (χ0v) is 9.74. The van der Waals surface area contributed by atoms with Gasteiger partial charge in [0.25, 0.3) is 0 Å². The molecule has 0 atom stereocenters. The van der Waals surface area contributed by atoms with Crippen LogP contribution >= 0.6 is 15.9 Å². The van der Waals surface area contributed by atoms with Crippen LogP contribution in [0, 0.1) is 6.92 Å². The van der Waals surface area contributed by atoms with Gasteiger partial charge in [0.15, 0.2) is 0 Å². The van der Waals surface area contributed by atoms with E-state index >= 15 is 0 Å². The van der Waals surface area contributed by atoms with Crippen LogP contribution in [0.1, 0.15) is 34.9 Å². The van der Waals surface area contributed by atoms with E-state index in [4.69, 9.17) is 5.11 Å². The van der Waals surface area contributed by atoms with Crippen LogP contribution in [0.3, 0.4) is 0 Å². The van der Waals surface area contributed by atoms with E-state index in [2.05, 4.69) is 15.9 Å². The van der Waals surface area contributed by atoms with E-state index in [1.807, 2.05) is 11.5 Å². The molecule has 0 radical (unpaired) electrons. The van der Waals surface area contributed by atoms with Crippen molar-refractivity contribution in [3.63, 3.8) is 0 Å². The summed E-state index contributed by atoms with van der Waals surface area (Å²) in [4.78, 5) is 22.4. The quantitative estimate of drug-likeness (QED) is 0.895. The Labute approximate surface area is 94.7 Å². The standard InChI is InChI=1S/C10H10BrNO3/c1-5-8(11)9(13)7(10(14)15)4-12(5)6-2-3-6/h4,6H,2-3H2,1H3,(H,14,15). The third-order valence-electron chi connectivity index (χ3n) is 2.59. The van der Waals surface area contributed by atoms with Crippen LogP contribution in [0.5, 0.6) is 0 Å². The average Bonchev–Trinajstić information content (AvgIpc) is 2.97. The van der Waals surface area contributed by atoms with Crippen molar-refractivity contribution in [3.05, 3.63) is 32.2 Å². The van der Waals surface area contributed by atoms with Crippen molar-refractivity contribution in [1.29, 1.82) is 0 Å². The molecule has 1 fully saturated rings. The second kappa shape index (κ2) is 3.48. The molecule has 0 aliphatic heterocycles. The smallest absolute Gasteiger partial charge is 0.341 e. The van der Waals surface area contributed by atoms with Gasteiger partial charge in [-0.1, -0.05) is 0 Å². The van der Waals surface area contributed by atoms with Crippen LogP contribution < -0.4 is 5.43 Å². The minimum atomic E-state index is -1.17. The largest absolute Gasteiger partial charge is 0.477 e. The maximum Gasteiger partial charge on any atom is 0.341 e. The molecule has 0 amide bonds. The number of aromatic carboxylic acids is 1. The number of nitrogens with zero attached hydrogens (tertiary/aromatic N) is 1. The summed E-state index contributed by atoms with van der Waals surface area (Å²) in [5.74, 6) is -1.17. The number of halogens is 1. The number of carboxylic acids is 1. The topological polar surface area (TPSA) is 59.3 Å². The number of rotatable bonds is 2. The summed E-state index contributed by atoms with van der Waals surface area (Å²) in [6.07, 6.45) is 3.55. The van der Waals surface area contributed by atoms with Gasteiger partial charge in [0.05, 0.1) is 4.47 Å². The second-order valence-electron chi connectivity index (χ2n) is 3.71. The minimum absolute atomic E-state index is 0.167. The van der Waals surface area contributed by atoms with Gasteiger partial charge in [-0.2, -0.15) is 0 Å². The third kappa shape index (κ3) is 1.71. The van der Waals surface area contributed by atoms with E-state index in [1.165, 1.54) is 6.20 Å². The van der Waals surface area contributed by atoms with Crippen LogP contribution in [-0.4, -0.2) is 15.6 Å². The molecule has 1 aliphatic rings. The monoisotopic (exact) mass is 271 g/mol. The zero-order valence-electron chi connectivity index (χ0n) is 8.16. The van der Waals surface area contributed by atoms with Gasteiger partial charge in [0, 0.05) is 17.9 Å². The van der Waals surface area contributed by atoms with Crippen molar-refractivity contribution in [3.8, 4) is 0 Å². The van der Waals surface area contributed by atoms with Crippen molar-refractivity contribution in [1.82, 2.24) is 4.57 Å². The van der Waals surface area contributed by atoms with Gasteiger partial charge in [0.1, 0.15) is 5.56 Å². The molecule has 0 saturated heterocycles. The molecule has 2 rings (SSSR count). The molecule has 1 aromatic heterocycles. The summed E-state index contributed by atoms with van der Waals surface area (Å²) in [5, 5.41) is 8.87. The van der Waals surface area contributed by atoms with E-state index in [0.29, 0.717) is 10.5 Å². The van der Waals surface area contributed by atoms with E-state index < -0.39 is 11.4 Å². The highest BCUT2D eigenvalue weighted by atomic mass is 79.9. The number of pyridine rings is 1. The highest BCUT2D eigenvalue weighted by Crippen LogP contribution is 2.36. The first kappa shape index (κ1) is 10.4. The minimum Gasteiger partial charge on any atom is -0.477 e. The van der Waals surface area contributed by atoms with Crippen molar-refractivity contribution in [2.45, 2.75) is 25.8 Å². The molecule has 1 saturated carbocycles. The van der Waals surface area contributed by atoms with Crippen LogP contribution in [0.4, 0.5) is 0 Å². The summed E-state index contributed by atoms with van der Waals surface area (Å²) in [6.45, 7) is 1.81. The Morgan fingerprint density at radius 2 is 2.20 bits per heavy atom. The molecule has 1 heterocycles. The molecule has 15 heavy (non-hydrogen) atoms. The number of hydrogen-bond acceptors (Lipinski definition) is 2. The summed E-state index contributed by atoms with van der Waals surface area (Å²) < 4.78 is 2.23. The first-order chi connectivity index (χ1) is 7.02. The van der Waals surface area contributed by atoms with Crippen LogP contribution in [-0.2, 0) is 0 Å². The lowest BCUT2D eigenvalue weighted by molar-refractivity contribution is 0.0694. The van der Waals surface area contributed by atoms with Crippen molar-refractivity contribution < 1.29 is 9.90 Å². The number of aromatic nitrogens is 1. The van der Waals surface area contributed by atoms with Crippen molar-refractivity contribution in [2.24, 2.45) is 0 Å². The van der Waals surface area contributed by atoms with Crippen molar-refractivity contribution >= 4 is 21.9 Å². The molecule has 1 N–H and O–H groups in total. The number of carbonyl (C=O) groups is 1. The van der Waals surface area contributed by atoms with E-state index in [1.54, 1.807) is 0 Å². The highest BCUT2D eigenvalue weighted by molar-refractivity contribution is 9.10. The average molecular weight is 272 g/mol. The molecule has 0 spiro atoms. The molecule has 5 heteroatoms. The molecular formula is C10H10BrNO3. The van der Waals surface area contributed by atoms with Crippen LogP contribution in [0.25, 0.3) is 0 Å². The molecular weight excluding hydrogens is 262 g/mol. The summed E-state index contributed by atoms with van der Waals surface area (Å²) >= 11 is 3.15. The lowest BCUT2D eigenvalue weighted by atomic mass is 10.2. The molecule has 0 bridgehead atoms. The molecule has 0 aromatic carbocycles. The van der Waals surface area contributed by atoms with E-state index in [0.717, 1.165) is 18.5 Å². The van der Waals surface area contributed by atoms with Gasteiger partial charge >= 0.3 is 5.97 Å². The fraction of sp³-hybridized carbons (Fsp3) is 0.400. The fourth-order valence-corrected chi connectivity index (χ4v) is 1.99. The maximum absolute atomic E-state index is 11.6. The Kier molecular flexibility index (Phi) is 2.42. The second-order valence-corrected chi connectivity index (χ2v) is 4.51. The number of carboxylic acid groups (broad SMARTS) is 1. The van der Waals surface area contributed by atoms with Gasteiger partial charge in [0.2, 0.25) is 5.43 Å². The first-order valence-corrected chi connectivity index (χ1v) is 5.46. The Balaban J connectivity index is 2.68. The van der Waals surface area contributed by atoms with Crippen LogP contribution in [0.15, 0.2) is 15.5 Å². The normalized spacial score (nSPS) is 15.3. The highest BCUT2D eigenvalue weighted by Gasteiger charge is 2.27. The fourth-order valence-electron chi connectivity index (χ4n) is 1.57. The summed E-state index contributed by atoms with van der Waals surface area (Å²) in [6, 6.07) is 0.361. The molecule has 0 unspecified atom stereocenters. The molecule has 1 aromatic rings. The van der Waals surface area contributed by atoms with Crippen LogP contribution in [0.2, 0.25) is 0 Å². The Morgan fingerprint density at radius 1 is 1.60 bits per heavy atom. The lowest BCUT2D eigenvalue weighted by Crippen LogP contribution is -2.20. The molecule has 80 valence electrons. The van der Waals surface area contributed by atoms with Gasteiger partial charge in [-0.05, 0) is 35.7 Å². The third-order valence-corrected chi connectivity index (χ3v) is 3.52. The van der Waals surface area contributed by atoms with Crippen molar-refractivity contribution in [2.75, 3.05) is 0 Å². The van der Waals surface area contributed by atoms with E-state index in [9.17, 15) is 9.59 Å². The Morgan fingerprint density at radius 3 is 2.67 bits per heavy atom. The number of hydrogen-bond donors (Lipinski definition) is 1. The predicted octanol–water partition coefficient (Wildman–Crippen LogP) is 1.95. The molecule has 1 aliphatic carbocycles. The Hall–Kier alpha value is -1.10. The first-order valence-electron chi connectivity index (χ1n) is 4.67. The SMILES string of the molecule is Cc1c(Br)c(=O)c(C(=O)O)cn1C1CC1. The maximum atomic E-state index is 11.6. The van der Waals surface area contributed by atoms with Gasteiger partial charge in [-0.25, -0.2) is 4.79 Å². The van der Waals surface area contributed by atoms with E-state index in [-0.39, 0.29) is 5.56 Å². The molecule has 4 nitrogen and oxygen atoms in total. The predicted molar refractivity (Wildman–Crippen MR) is 58.4 cm³/mol. The van der Waals surface area contributed by atoms with Gasteiger partial charge < -0.3 is 9.67 Å². The zero-order chi connectivity index (χ0) is 11.2. The van der Waals surface area contributed by atoms with Gasteiger partial charge in [-0.3, -0.25) is 4.79 Å².